The number of carbonyl (C=O) groups excluding carboxylic acids is 1. The van der Waals surface area contributed by atoms with E-state index in [4.69, 9.17) is 4.74 Å². The molecular weight excluding hydrogens is 226 g/mol. The molecule has 92 valence electrons. The molecule has 0 bridgehead atoms. The minimum Gasteiger partial charge on any atom is -0.476 e. The molecule has 18 heavy (non-hydrogen) atoms. The fraction of sp³-hybridized carbons (Fsp3) is 0.267. The van der Waals surface area contributed by atoms with Gasteiger partial charge in [0.25, 0.3) is 0 Å². The number of nitrogens with zero attached hydrogens (tertiary/aromatic N) is 1. The standard InChI is InChI=1S/C15H15NO2/c1-15(2)10-18-13-9-8-12(16(13)15)14(17)11-6-4-3-5-7-11/h3-9H,10H2,1-2H3. The van der Waals surface area contributed by atoms with Crippen molar-refractivity contribution in [3.05, 3.63) is 53.7 Å². The Hall–Kier alpha value is -2.03. The summed E-state index contributed by atoms with van der Waals surface area (Å²) in [5.41, 5.74) is 1.23. The van der Waals surface area contributed by atoms with Crippen LogP contribution in [-0.2, 0) is 5.54 Å². The van der Waals surface area contributed by atoms with Crippen LogP contribution in [0.25, 0.3) is 0 Å². The van der Waals surface area contributed by atoms with E-state index in [1.165, 1.54) is 0 Å². The predicted molar refractivity (Wildman–Crippen MR) is 69.1 cm³/mol. The molecule has 0 saturated carbocycles. The normalized spacial score (nSPS) is 16.1. The highest BCUT2D eigenvalue weighted by Crippen LogP contribution is 2.34. The summed E-state index contributed by atoms with van der Waals surface area (Å²) in [5, 5.41) is 0. The Labute approximate surface area is 106 Å². The number of rotatable bonds is 2. The maximum atomic E-state index is 12.5. The molecule has 0 unspecified atom stereocenters. The van der Waals surface area contributed by atoms with Gasteiger partial charge in [0.1, 0.15) is 6.61 Å². The van der Waals surface area contributed by atoms with E-state index in [-0.39, 0.29) is 11.3 Å². The average Bonchev–Trinajstić information content (AvgIpc) is 2.92. The number of ketones is 1. The molecule has 0 saturated heterocycles. The van der Waals surface area contributed by atoms with Gasteiger partial charge in [0.05, 0.1) is 11.2 Å². The maximum absolute atomic E-state index is 12.5. The topological polar surface area (TPSA) is 31.2 Å². The van der Waals surface area contributed by atoms with Gasteiger partial charge in [-0.2, -0.15) is 0 Å². The van der Waals surface area contributed by atoms with Crippen LogP contribution in [0, 0.1) is 0 Å². The van der Waals surface area contributed by atoms with Crippen LogP contribution in [0.15, 0.2) is 42.5 Å². The SMILES string of the molecule is CC1(C)COc2ccc(C(=O)c3ccccc3)n21. The summed E-state index contributed by atoms with van der Waals surface area (Å²) < 4.78 is 7.58. The van der Waals surface area contributed by atoms with Crippen molar-refractivity contribution in [2.24, 2.45) is 0 Å². The summed E-state index contributed by atoms with van der Waals surface area (Å²) in [5.74, 6) is 0.819. The lowest BCUT2D eigenvalue weighted by atomic mass is 10.0. The van der Waals surface area contributed by atoms with Crippen molar-refractivity contribution in [1.82, 2.24) is 4.57 Å². The van der Waals surface area contributed by atoms with Crippen LogP contribution in [0.3, 0.4) is 0 Å². The van der Waals surface area contributed by atoms with E-state index in [9.17, 15) is 4.79 Å². The second-order valence-corrected chi connectivity index (χ2v) is 5.19. The third kappa shape index (κ3) is 1.55. The first-order valence-electron chi connectivity index (χ1n) is 6.04. The summed E-state index contributed by atoms with van der Waals surface area (Å²) in [6, 6.07) is 13.0. The average molecular weight is 241 g/mol. The lowest BCUT2D eigenvalue weighted by molar-refractivity contribution is 0.102. The molecule has 0 aliphatic carbocycles. The van der Waals surface area contributed by atoms with E-state index >= 15 is 0 Å². The van der Waals surface area contributed by atoms with Crippen LogP contribution in [0.5, 0.6) is 5.88 Å². The molecule has 0 N–H and O–H groups in total. The highest BCUT2D eigenvalue weighted by atomic mass is 16.5. The molecule has 3 heteroatoms. The smallest absolute Gasteiger partial charge is 0.209 e. The van der Waals surface area contributed by atoms with E-state index in [1.807, 2.05) is 47.0 Å². The molecule has 3 nitrogen and oxygen atoms in total. The number of carbonyl (C=O) groups is 1. The van der Waals surface area contributed by atoms with Crippen molar-refractivity contribution in [1.29, 1.82) is 0 Å². The van der Waals surface area contributed by atoms with Crippen LogP contribution in [0.2, 0.25) is 0 Å². The molecule has 0 spiro atoms. The number of hydrogen-bond acceptors (Lipinski definition) is 2. The number of hydrogen-bond donors (Lipinski definition) is 0. The zero-order valence-corrected chi connectivity index (χ0v) is 10.5. The number of fused-ring (bicyclic) bond motifs is 1. The molecule has 1 aliphatic rings. The lowest BCUT2D eigenvalue weighted by Gasteiger charge is -2.20. The molecule has 0 amide bonds. The quantitative estimate of drug-likeness (QED) is 0.757. The molecule has 0 atom stereocenters. The van der Waals surface area contributed by atoms with E-state index in [2.05, 4.69) is 13.8 Å². The van der Waals surface area contributed by atoms with E-state index in [1.54, 1.807) is 0 Å². The van der Waals surface area contributed by atoms with Crippen LogP contribution < -0.4 is 4.74 Å². The summed E-state index contributed by atoms with van der Waals surface area (Å²) in [6.07, 6.45) is 0. The summed E-state index contributed by atoms with van der Waals surface area (Å²) in [6.45, 7) is 4.76. The van der Waals surface area contributed by atoms with Crippen LogP contribution in [0.4, 0.5) is 0 Å². The highest BCUT2D eigenvalue weighted by Gasteiger charge is 2.34. The Morgan fingerprint density at radius 1 is 1.17 bits per heavy atom. The van der Waals surface area contributed by atoms with Crippen LogP contribution in [0.1, 0.15) is 29.9 Å². The fourth-order valence-corrected chi connectivity index (χ4v) is 2.38. The Morgan fingerprint density at radius 2 is 1.89 bits per heavy atom. The highest BCUT2D eigenvalue weighted by molar-refractivity contribution is 6.08. The van der Waals surface area contributed by atoms with Gasteiger partial charge in [-0.25, -0.2) is 0 Å². The molecular formula is C15H15NO2. The van der Waals surface area contributed by atoms with Crippen molar-refractivity contribution in [3.8, 4) is 5.88 Å². The van der Waals surface area contributed by atoms with Gasteiger partial charge in [0.2, 0.25) is 5.78 Å². The first-order valence-corrected chi connectivity index (χ1v) is 6.04. The van der Waals surface area contributed by atoms with E-state index in [0.717, 1.165) is 5.88 Å². The zero-order valence-electron chi connectivity index (χ0n) is 10.5. The van der Waals surface area contributed by atoms with Crippen molar-refractivity contribution in [2.45, 2.75) is 19.4 Å². The van der Waals surface area contributed by atoms with Gasteiger partial charge in [-0.05, 0) is 19.9 Å². The molecule has 2 aromatic rings. The summed E-state index contributed by atoms with van der Waals surface area (Å²) in [7, 11) is 0. The maximum Gasteiger partial charge on any atom is 0.209 e. The monoisotopic (exact) mass is 241 g/mol. The molecule has 0 radical (unpaired) electrons. The largest absolute Gasteiger partial charge is 0.476 e. The van der Waals surface area contributed by atoms with Crippen molar-refractivity contribution >= 4 is 5.78 Å². The number of benzene rings is 1. The third-order valence-corrected chi connectivity index (χ3v) is 3.29. The van der Waals surface area contributed by atoms with Gasteiger partial charge < -0.3 is 9.30 Å². The third-order valence-electron chi connectivity index (χ3n) is 3.29. The Balaban J connectivity index is 2.08. The van der Waals surface area contributed by atoms with Crippen molar-refractivity contribution in [2.75, 3.05) is 6.61 Å². The molecule has 1 aromatic carbocycles. The van der Waals surface area contributed by atoms with Crippen molar-refractivity contribution < 1.29 is 9.53 Å². The molecule has 1 aromatic heterocycles. The Morgan fingerprint density at radius 3 is 2.61 bits per heavy atom. The van der Waals surface area contributed by atoms with Crippen LogP contribution in [-0.4, -0.2) is 17.0 Å². The number of aromatic nitrogens is 1. The second-order valence-electron chi connectivity index (χ2n) is 5.19. The first-order chi connectivity index (χ1) is 8.59. The van der Waals surface area contributed by atoms with Crippen molar-refractivity contribution in [3.63, 3.8) is 0 Å². The van der Waals surface area contributed by atoms with Gasteiger partial charge in [-0.15, -0.1) is 0 Å². The second kappa shape index (κ2) is 3.73. The van der Waals surface area contributed by atoms with Gasteiger partial charge in [0, 0.05) is 11.6 Å². The minimum atomic E-state index is -0.168. The predicted octanol–water partition coefficient (Wildman–Crippen LogP) is 2.85. The molecule has 3 rings (SSSR count). The van der Waals surface area contributed by atoms with E-state index < -0.39 is 0 Å². The minimum absolute atomic E-state index is 0.0421. The van der Waals surface area contributed by atoms with Gasteiger partial charge in [-0.1, -0.05) is 30.3 Å². The van der Waals surface area contributed by atoms with Gasteiger partial charge >= 0.3 is 0 Å². The van der Waals surface area contributed by atoms with Gasteiger partial charge in [-0.3, -0.25) is 4.79 Å². The van der Waals surface area contributed by atoms with Crippen LogP contribution >= 0.6 is 0 Å². The van der Waals surface area contributed by atoms with Gasteiger partial charge in [0.15, 0.2) is 5.88 Å². The molecule has 2 heterocycles. The Bertz CT molecular complexity index is 596. The van der Waals surface area contributed by atoms with E-state index in [0.29, 0.717) is 17.9 Å². The lowest BCUT2D eigenvalue weighted by Crippen LogP contribution is -2.28. The molecule has 1 aliphatic heterocycles. The molecule has 0 fully saturated rings. The number of ether oxygens (including phenoxy) is 1. The Kier molecular flexibility index (Phi) is 2.30. The first kappa shape index (κ1) is 11.1. The zero-order chi connectivity index (χ0) is 12.8. The fourth-order valence-electron chi connectivity index (χ4n) is 2.38. The summed E-state index contributed by atoms with van der Waals surface area (Å²) in [4.78, 5) is 12.5. The summed E-state index contributed by atoms with van der Waals surface area (Å²) >= 11 is 0.